The van der Waals surface area contributed by atoms with Crippen LogP contribution < -0.4 is 0 Å². The predicted octanol–water partition coefficient (Wildman–Crippen LogP) is 0.153. The first-order valence-corrected chi connectivity index (χ1v) is 8.33. The zero-order valence-electron chi connectivity index (χ0n) is 5.42. The molecule has 0 saturated carbocycles. The van der Waals surface area contributed by atoms with Gasteiger partial charge in [0.25, 0.3) is 0 Å². The third-order valence-electron chi connectivity index (χ3n) is 0.231. The van der Waals surface area contributed by atoms with E-state index in [1.807, 2.05) is 0 Å². The van der Waals surface area contributed by atoms with E-state index in [-0.39, 0.29) is 21.1 Å². The fourth-order valence-corrected chi connectivity index (χ4v) is 0.0866. The van der Waals surface area contributed by atoms with E-state index in [1.54, 1.807) is 0 Å². The van der Waals surface area contributed by atoms with Crippen LogP contribution in [0.25, 0.3) is 0 Å². The Hall–Kier alpha value is 0.579. The van der Waals surface area contributed by atoms with Crippen LogP contribution in [0.4, 0.5) is 0 Å². The molecule has 0 saturated heterocycles. The Kier molecular flexibility index (Phi) is 15.5. The van der Waals surface area contributed by atoms with Crippen LogP contribution in [-0.4, -0.2) is 38.8 Å². The molecular weight excluding hydrogens is 247 g/mol. The first-order valence-electron chi connectivity index (χ1n) is 2.26. The Bertz CT molecular complexity index is 62.8. The van der Waals surface area contributed by atoms with Crippen LogP contribution >= 0.6 is 12.9 Å². The van der Waals surface area contributed by atoms with E-state index in [0.717, 1.165) is 0 Å². The first kappa shape index (κ1) is 12.3. The van der Waals surface area contributed by atoms with Gasteiger partial charge in [0.05, 0.1) is 0 Å². The Labute approximate surface area is 70.6 Å². The molecule has 0 aromatic rings. The number of thiol groups is 1. The van der Waals surface area contributed by atoms with Crippen molar-refractivity contribution in [2.24, 2.45) is 0 Å². The molecule has 0 spiro atoms. The molecule has 0 aliphatic carbocycles. The van der Waals surface area contributed by atoms with Gasteiger partial charge in [-0.25, -0.2) is 4.79 Å². The van der Waals surface area contributed by atoms with Gasteiger partial charge in [0.15, 0.2) is 0 Å². The molecule has 3 nitrogen and oxygen atoms in total. The zero-order chi connectivity index (χ0) is 7.70. The number of carbonyl (C=O) groups excluding carboxylic acids is 1. The summed E-state index contributed by atoms with van der Waals surface area (Å²) in [5.41, 5.74) is 0. The average molecular weight is 257 g/mol. The van der Waals surface area contributed by atoms with Gasteiger partial charge in [0, 0.05) is 12.9 Å². The van der Waals surface area contributed by atoms with E-state index in [1.165, 1.54) is 0 Å². The zero-order valence-corrected chi connectivity index (χ0v) is 9.17. The van der Waals surface area contributed by atoms with Crippen molar-refractivity contribution in [1.29, 1.82) is 0 Å². The van der Waals surface area contributed by atoms with Crippen LogP contribution in [0, 0.1) is 0 Å². The number of carbonyl (C=O) groups is 1. The van der Waals surface area contributed by atoms with Crippen molar-refractivity contribution in [2.45, 2.75) is 9.88 Å². The number of aliphatic hydroxyl groups excluding tert-OH is 1. The Morgan fingerprint density at radius 2 is 2.11 bits per heavy atom. The standard InChI is InChI=1S/C2H4O3S.2CH3.Sn/c3-1-2(4)5-6;;;/h3,6H,1H2;2*1H3;. The molecule has 0 fully saturated rings. The van der Waals surface area contributed by atoms with Crippen molar-refractivity contribution >= 4 is 40.0 Å². The molecule has 1 N–H and O–H groups in total. The molecule has 0 aromatic heterocycles. The second-order valence-electron chi connectivity index (χ2n) is 1.12. The fourth-order valence-electron chi connectivity index (χ4n) is 0.0289. The molecule has 0 bridgehead atoms. The molecule has 0 amide bonds. The monoisotopic (exact) mass is 258 g/mol. The third-order valence-corrected chi connectivity index (χ3v) is 0.435. The molecule has 0 aromatic carbocycles. The van der Waals surface area contributed by atoms with Gasteiger partial charge in [-0.2, -0.15) is 0 Å². The topological polar surface area (TPSA) is 46.5 Å². The van der Waals surface area contributed by atoms with Crippen molar-refractivity contribution in [2.75, 3.05) is 6.61 Å². The molecule has 54 valence electrons. The van der Waals surface area contributed by atoms with E-state index >= 15 is 0 Å². The van der Waals surface area contributed by atoms with E-state index in [4.69, 9.17) is 5.11 Å². The van der Waals surface area contributed by atoms with Crippen LogP contribution in [0.15, 0.2) is 0 Å². The minimum atomic E-state index is -0.738. The predicted molar refractivity (Wildman–Crippen MR) is 39.6 cm³/mol. The van der Waals surface area contributed by atoms with E-state index in [9.17, 15) is 4.79 Å². The van der Waals surface area contributed by atoms with Gasteiger partial charge in [0.1, 0.15) is 6.61 Å². The summed E-state index contributed by atoms with van der Waals surface area (Å²) >= 11 is 3.32. The molecular formula is C4H10O3SSn. The van der Waals surface area contributed by atoms with E-state index < -0.39 is 12.6 Å². The number of aliphatic hydroxyl groups is 1. The molecule has 9 heavy (non-hydrogen) atoms. The van der Waals surface area contributed by atoms with Crippen molar-refractivity contribution in [3.63, 3.8) is 0 Å². The molecule has 0 atom stereocenters. The van der Waals surface area contributed by atoms with Crippen molar-refractivity contribution < 1.29 is 14.1 Å². The summed E-state index contributed by atoms with van der Waals surface area (Å²) in [6, 6.07) is 0. The maximum atomic E-state index is 9.63. The number of hydrogen-bond acceptors (Lipinski definition) is 4. The SMILES string of the molecule is O=C(CO)OS.[CH3][Sn][CH3]. The van der Waals surface area contributed by atoms with Gasteiger partial charge in [-0.3, -0.25) is 0 Å². The second-order valence-corrected chi connectivity index (χ2v) is 4.16. The Morgan fingerprint density at radius 1 is 1.78 bits per heavy atom. The van der Waals surface area contributed by atoms with Crippen LogP contribution in [0.5, 0.6) is 0 Å². The third kappa shape index (κ3) is 17.7. The molecule has 0 heterocycles. The van der Waals surface area contributed by atoms with Crippen LogP contribution in [0.1, 0.15) is 0 Å². The molecule has 0 unspecified atom stereocenters. The Balaban J connectivity index is 0. The van der Waals surface area contributed by atoms with Gasteiger partial charge < -0.3 is 9.29 Å². The first-order chi connectivity index (χ1) is 4.22. The summed E-state index contributed by atoms with van der Waals surface area (Å²) < 4.78 is 3.70. The summed E-state index contributed by atoms with van der Waals surface area (Å²) in [5.74, 6) is -0.738. The van der Waals surface area contributed by atoms with Crippen molar-refractivity contribution in [1.82, 2.24) is 0 Å². The number of hydrogen-bond donors (Lipinski definition) is 2. The van der Waals surface area contributed by atoms with Crippen LogP contribution in [0.3, 0.4) is 0 Å². The van der Waals surface area contributed by atoms with Gasteiger partial charge >= 0.3 is 37.0 Å². The van der Waals surface area contributed by atoms with Gasteiger partial charge in [-0.05, 0) is 0 Å². The molecule has 2 radical (unpaired) electrons. The number of rotatable bonds is 1. The van der Waals surface area contributed by atoms with Gasteiger partial charge in [0.2, 0.25) is 0 Å². The molecule has 0 aliphatic heterocycles. The summed E-state index contributed by atoms with van der Waals surface area (Å²) in [7, 11) is 0. The molecule has 0 aliphatic rings. The average Bonchev–Trinajstić information content (AvgIpc) is 1.88. The van der Waals surface area contributed by atoms with Crippen molar-refractivity contribution in [3.8, 4) is 0 Å². The van der Waals surface area contributed by atoms with Gasteiger partial charge in [-0.15, -0.1) is 0 Å². The van der Waals surface area contributed by atoms with E-state index in [0.29, 0.717) is 0 Å². The summed E-state index contributed by atoms with van der Waals surface area (Å²) in [4.78, 5) is 14.2. The fraction of sp³-hybridized carbons (Fsp3) is 0.750. The van der Waals surface area contributed by atoms with Crippen LogP contribution in [0.2, 0.25) is 9.88 Å². The maximum absolute atomic E-state index is 9.63. The molecule has 0 rings (SSSR count). The summed E-state index contributed by atoms with van der Waals surface area (Å²) in [6.07, 6.45) is 0. The second kappa shape index (κ2) is 11.4. The summed E-state index contributed by atoms with van der Waals surface area (Å²) in [5, 5.41) is 7.81. The Morgan fingerprint density at radius 3 is 2.11 bits per heavy atom. The summed E-state index contributed by atoms with van der Waals surface area (Å²) in [6.45, 7) is -0.608. The normalized spacial score (nSPS) is 7.11. The molecule has 5 heteroatoms. The quantitative estimate of drug-likeness (QED) is 0.399. The van der Waals surface area contributed by atoms with Crippen LogP contribution in [-0.2, 0) is 8.98 Å². The minimum absolute atomic E-state index is 0.230. The van der Waals surface area contributed by atoms with Crippen molar-refractivity contribution in [3.05, 3.63) is 0 Å². The van der Waals surface area contributed by atoms with E-state index in [2.05, 4.69) is 27.0 Å². The van der Waals surface area contributed by atoms with Gasteiger partial charge in [-0.1, -0.05) is 0 Å².